The van der Waals surface area contributed by atoms with E-state index in [0.29, 0.717) is 0 Å². The van der Waals surface area contributed by atoms with Crippen molar-refractivity contribution in [2.75, 3.05) is 6.61 Å². The first-order chi connectivity index (χ1) is 16.8. The number of esters is 3. The highest BCUT2D eigenvalue weighted by Crippen LogP contribution is 2.27. The summed E-state index contributed by atoms with van der Waals surface area (Å²) < 4.78 is 21.3. The van der Waals surface area contributed by atoms with Gasteiger partial charge < -0.3 is 44.2 Å². The Kier molecular flexibility index (Phi) is 7.15. The third-order valence-electron chi connectivity index (χ3n) is 5.23. The van der Waals surface area contributed by atoms with Gasteiger partial charge in [0.05, 0.1) is 5.56 Å². The van der Waals surface area contributed by atoms with Crippen molar-refractivity contribution in [1.82, 2.24) is 9.97 Å². The Bertz CT molecular complexity index is 1140. The lowest BCUT2D eigenvalue weighted by molar-refractivity contribution is -0.284. The van der Waals surface area contributed by atoms with Gasteiger partial charge in [-0.2, -0.15) is 0 Å². The second kappa shape index (κ2) is 10.4. The van der Waals surface area contributed by atoms with Crippen LogP contribution in [-0.4, -0.2) is 80.5 Å². The number of aromatic nitrogens is 2. The molecule has 184 valence electrons. The SMILES string of the molecule is O=C(OC[C@H]1O[C@@H](OC(=O)c2ccc[nH]2)[C@H](OC(=O)c2ccc[nH]2)[C@@H](O)[C@@H]1O)c1ccc(O)cc1. The maximum Gasteiger partial charge on any atom is 0.357 e. The number of nitrogens with one attached hydrogen (secondary N) is 2. The number of phenols is 1. The maximum absolute atomic E-state index is 12.5. The zero-order valence-corrected chi connectivity index (χ0v) is 18.1. The van der Waals surface area contributed by atoms with Gasteiger partial charge >= 0.3 is 17.9 Å². The summed E-state index contributed by atoms with van der Waals surface area (Å²) in [5.74, 6) is -2.57. The zero-order chi connectivity index (χ0) is 24.9. The number of hydrogen-bond donors (Lipinski definition) is 5. The fourth-order valence-electron chi connectivity index (χ4n) is 3.37. The second-order valence-corrected chi connectivity index (χ2v) is 7.61. The van der Waals surface area contributed by atoms with Crippen LogP contribution in [0.4, 0.5) is 0 Å². The van der Waals surface area contributed by atoms with Crippen LogP contribution in [0.3, 0.4) is 0 Å². The van der Waals surface area contributed by atoms with Crippen molar-refractivity contribution in [3.8, 4) is 5.75 Å². The number of phenolic OH excluding ortho intramolecular Hbond substituents is 1. The monoisotopic (exact) mass is 486 g/mol. The van der Waals surface area contributed by atoms with Crippen LogP contribution in [0.25, 0.3) is 0 Å². The average molecular weight is 486 g/mol. The van der Waals surface area contributed by atoms with Crippen molar-refractivity contribution in [3.63, 3.8) is 0 Å². The summed E-state index contributed by atoms with van der Waals surface area (Å²) in [4.78, 5) is 42.5. The zero-order valence-electron chi connectivity index (χ0n) is 18.1. The van der Waals surface area contributed by atoms with E-state index in [1.54, 1.807) is 12.1 Å². The highest BCUT2D eigenvalue weighted by Gasteiger charge is 2.49. The number of H-pyrrole nitrogens is 2. The predicted molar refractivity (Wildman–Crippen MR) is 115 cm³/mol. The Morgan fingerprint density at radius 2 is 1.43 bits per heavy atom. The highest BCUT2D eigenvalue weighted by molar-refractivity contribution is 5.89. The first-order valence-electron chi connectivity index (χ1n) is 10.5. The van der Waals surface area contributed by atoms with E-state index in [2.05, 4.69) is 9.97 Å². The molecule has 3 heterocycles. The molecule has 1 aliphatic heterocycles. The number of aromatic hydroxyl groups is 1. The highest BCUT2D eigenvalue weighted by atomic mass is 16.7. The second-order valence-electron chi connectivity index (χ2n) is 7.61. The Hall–Kier alpha value is -4.13. The van der Waals surface area contributed by atoms with E-state index in [1.807, 2.05) is 0 Å². The van der Waals surface area contributed by atoms with Gasteiger partial charge in [-0.3, -0.25) is 0 Å². The molecule has 2 aromatic heterocycles. The number of rotatable bonds is 7. The van der Waals surface area contributed by atoms with E-state index >= 15 is 0 Å². The smallest absolute Gasteiger partial charge is 0.357 e. The molecule has 0 saturated carbocycles. The fourth-order valence-corrected chi connectivity index (χ4v) is 3.37. The Balaban J connectivity index is 1.48. The van der Waals surface area contributed by atoms with Gasteiger partial charge in [0.2, 0.25) is 6.29 Å². The average Bonchev–Trinajstić information content (AvgIpc) is 3.57. The predicted octanol–water partition coefficient (Wildman–Crippen LogP) is 0.734. The summed E-state index contributed by atoms with van der Waals surface area (Å²) in [6.45, 7) is -0.522. The Morgan fingerprint density at radius 3 is 2.00 bits per heavy atom. The van der Waals surface area contributed by atoms with Crippen molar-refractivity contribution in [2.45, 2.75) is 30.7 Å². The molecule has 1 aromatic carbocycles. The van der Waals surface area contributed by atoms with Crippen molar-refractivity contribution in [3.05, 3.63) is 77.9 Å². The third kappa shape index (κ3) is 5.51. The Morgan fingerprint density at radius 1 is 0.829 bits per heavy atom. The normalized spacial score (nSPS) is 23.9. The summed E-state index contributed by atoms with van der Waals surface area (Å²) >= 11 is 0. The lowest BCUT2D eigenvalue weighted by Gasteiger charge is -2.40. The number of aliphatic hydroxyl groups excluding tert-OH is 2. The van der Waals surface area contributed by atoms with Gasteiger partial charge in [-0.1, -0.05) is 0 Å². The molecule has 4 rings (SSSR count). The number of carbonyl (C=O) groups is 3. The van der Waals surface area contributed by atoms with Crippen LogP contribution < -0.4 is 0 Å². The van der Waals surface area contributed by atoms with Crippen LogP contribution in [0.1, 0.15) is 31.3 Å². The molecular formula is C23H22N2O10. The van der Waals surface area contributed by atoms with Crippen LogP contribution in [0.5, 0.6) is 5.75 Å². The topological polar surface area (TPSA) is 180 Å². The van der Waals surface area contributed by atoms with E-state index in [0.717, 1.165) is 0 Å². The van der Waals surface area contributed by atoms with E-state index in [1.165, 1.54) is 48.8 Å². The first-order valence-corrected chi connectivity index (χ1v) is 10.5. The number of aliphatic hydroxyl groups is 2. The molecule has 1 fully saturated rings. The van der Waals surface area contributed by atoms with E-state index in [-0.39, 0.29) is 22.7 Å². The molecule has 5 N–H and O–H groups in total. The van der Waals surface area contributed by atoms with Gasteiger partial charge in [0.25, 0.3) is 0 Å². The lowest BCUT2D eigenvalue weighted by Crippen LogP contribution is -2.61. The first kappa shape index (κ1) is 24.0. The molecule has 1 aliphatic rings. The van der Waals surface area contributed by atoms with E-state index in [9.17, 15) is 29.7 Å². The summed E-state index contributed by atoms with van der Waals surface area (Å²) in [6.07, 6.45) is -4.99. The van der Waals surface area contributed by atoms with Gasteiger partial charge in [0.1, 0.15) is 42.1 Å². The molecule has 12 nitrogen and oxygen atoms in total. The standard InChI is InChI=1S/C23H22N2O10/c26-13-7-5-12(6-8-13)20(29)32-11-16-17(27)18(28)19(34-21(30)14-3-1-9-24-14)23(33-16)35-22(31)15-4-2-10-25-15/h1-10,16-19,23-28H,11H2/t16-,17-,18+,19-,23+/m1/s1. The quantitative estimate of drug-likeness (QED) is 0.236. The summed E-state index contributed by atoms with van der Waals surface area (Å²) in [7, 11) is 0. The number of aromatic amines is 2. The van der Waals surface area contributed by atoms with Gasteiger partial charge in [0.15, 0.2) is 6.10 Å². The third-order valence-corrected chi connectivity index (χ3v) is 5.23. The molecule has 0 spiro atoms. The molecule has 0 amide bonds. The number of hydrogen-bond acceptors (Lipinski definition) is 10. The minimum Gasteiger partial charge on any atom is -0.508 e. The molecule has 12 heteroatoms. The van der Waals surface area contributed by atoms with Crippen LogP contribution in [0, 0.1) is 0 Å². The molecule has 5 atom stereocenters. The molecular weight excluding hydrogens is 464 g/mol. The van der Waals surface area contributed by atoms with Gasteiger partial charge in [-0.15, -0.1) is 0 Å². The molecule has 0 aliphatic carbocycles. The minimum absolute atomic E-state index is 0.0395. The van der Waals surface area contributed by atoms with Crippen molar-refractivity contribution >= 4 is 17.9 Å². The molecule has 0 radical (unpaired) electrons. The molecule has 3 aromatic rings. The fraction of sp³-hybridized carbons (Fsp3) is 0.261. The number of carbonyl (C=O) groups excluding carboxylic acids is 3. The van der Waals surface area contributed by atoms with Crippen molar-refractivity contribution in [1.29, 1.82) is 0 Å². The van der Waals surface area contributed by atoms with Gasteiger partial charge in [-0.05, 0) is 48.5 Å². The molecule has 0 bridgehead atoms. The van der Waals surface area contributed by atoms with Crippen LogP contribution in [-0.2, 0) is 18.9 Å². The van der Waals surface area contributed by atoms with Crippen LogP contribution in [0.2, 0.25) is 0 Å². The molecule has 0 unspecified atom stereocenters. The lowest BCUT2D eigenvalue weighted by atomic mass is 9.99. The molecule has 35 heavy (non-hydrogen) atoms. The Labute approximate surface area is 198 Å². The van der Waals surface area contributed by atoms with Crippen LogP contribution >= 0.6 is 0 Å². The number of benzene rings is 1. The van der Waals surface area contributed by atoms with Crippen molar-refractivity contribution in [2.24, 2.45) is 0 Å². The minimum atomic E-state index is -1.75. The summed E-state index contributed by atoms with van der Waals surface area (Å²) in [5.41, 5.74) is 0.256. The van der Waals surface area contributed by atoms with Crippen molar-refractivity contribution < 1.29 is 48.7 Å². The van der Waals surface area contributed by atoms with E-state index < -0.39 is 55.2 Å². The van der Waals surface area contributed by atoms with Crippen LogP contribution in [0.15, 0.2) is 60.9 Å². The van der Waals surface area contributed by atoms with Gasteiger partial charge in [0, 0.05) is 12.4 Å². The summed E-state index contributed by atoms with van der Waals surface area (Å²) in [6, 6.07) is 11.2. The maximum atomic E-state index is 12.5. The number of ether oxygens (including phenoxy) is 4. The molecule has 1 saturated heterocycles. The summed E-state index contributed by atoms with van der Waals surface area (Å²) in [5, 5.41) is 30.6. The largest absolute Gasteiger partial charge is 0.508 e. The van der Waals surface area contributed by atoms with E-state index in [4.69, 9.17) is 18.9 Å². The van der Waals surface area contributed by atoms with Gasteiger partial charge in [-0.25, -0.2) is 14.4 Å².